The molecule has 2 aliphatic rings. The number of aromatic nitrogens is 2. The van der Waals surface area contributed by atoms with Crippen molar-refractivity contribution in [2.75, 3.05) is 38.0 Å². The van der Waals surface area contributed by atoms with Crippen molar-refractivity contribution >= 4 is 17.8 Å². The molecule has 142 valence electrons. The van der Waals surface area contributed by atoms with Crippen LogP contribution >= 0.6 is 0 Å². The number of hydrogen-bond acceptors (Lipinski definition) is 5. The second-order valence-corrected chi connectivity index (χ2v) is 7.44. The molecule has 2 amide bonds. The van der Waals surface area contributed by atoms with E-state index in [-0.39, 0.29) is 17.7 Å². The second kappa shape index (κ2) is 8.96. The molecule has 1 N–H and O–H groups in total. The SMILES string of the molecule is CC1CCN(C(=O)[C@@H]2CCCN(C(=O)CCNc3ncccn3)C2)CC1. The van der Waals surface area contributed by atoms with Crippen LogP contribution in [0.2, 0.25) is 0 Å². The van der Waals surface area contributed by atoms with Crippen LogP contribution in [0.4, 0.5) is 5.95 Å². The lowest BCUT2D eigenvalue weighted by molar-refractivity contribution is -0.141. The van der Waals surface area contributed by atoms with Crippen molar-refractivity contribution in [1.82, 2.24) is 19.8 Å². The quantitative estimate of drug-likeness (QED) is 0.867. The Balaban J connectivity index is 1.45. The minimum Gasteiger partial charge on any atom is -0.354 e. The predicted molar refractivity (Wildman–Crippen MR) is 99.4 cm³/mol. The summed E-state index contributed by atoms with van der Waals surface area (Å²) >= 11 is 0. The maximum Gasteiger partial charge on any atom is 0.227 e. The summed E-state index contributed by atoms with van der Waals surface area (Å²) in [6.07, 6.45) is 7.70. The van der Waals surface area contributed by atoms with Crippen molar-refractivity contribution in [1.29, 1.82) is 0 Å². The first-order chi connectivity index (χ1) is 12.6. The highest BCUT2D eigenvalue weighted by molar-refractivity contribution is 5.81. The topological polar surface area (TPSA) is 78.4 Å². The molecule has 2 fully saturated rings. The molecule has 0 aliphatic carbocycles. The molecule has 0 unspecified atom stereocenters. The highest BCUT2D eigenvalue weighted by atomic mass is 16.2. The summed E-state index contributed by atoms with van der Waals surface area (Å²) in [7, 11) is 0. The van der Waals surface area contributed by atoms with Crippen LogP contribution in [-0.4, -0.2) is 64.3 Å². The molecule has 1 atom stereocenters. The molecule has 0 aromatic carbocycles. The van der Waals surface area contributed by atoms with E-state index < -0.39 is 0 Å². The first-order valence-corrected chi connectivity index (χ1v) is 9.71. The Morgan fingerprint density at radius 3 is 2.58 bits per heavy atom. The summed E-state index contributed by atoms with van der Waals surface area (Å²) in [6.45, 7) is 5.79. The van der Waals surface area contributed by atoms with E-state index in [1.807, 2.05) is 9.80 Å². The molecule has 7 nitrogen and oxygen atoms in total. The third-order valence-electron chi connectivity index (χ3n) is 5.41. The van der Waals surface area contributed by atoms with Crippen molar-refractivity contribution < 1.29 is 9.59 Å². The number of likely N-dealkylation sites (tertiary alicyclic amines) is 2. The first-order valence-electron chi connectivity index (χ1n) is 9.71. The van der Waals surface area contributed by atoms with Gasteiger partial charge < -0.3 is 15.1 Å². The van der Waals surface area contributed by atoms with Gasteiger partial charge in [-0.1, -0.05) is 6.92 Å². The zero-order chi connectivity index (χ0) is 18.4. The molecule has 1 aromatic heterocycles. The van der Waals surface area contributed by atoms with E-state index in [9.17, 15) is 9.59 Å². The number of hydrogen-bond donors (Lipinski definition) is 1. The average Bonchev–Trinajstić information content (AvgIpc) is 2.69. The van der Waals surface area contributed by atoms with E-state index >= 15 is 0 Å². The van der Waals surface area contributed by atoms with Gasteiger partial charge in [0, 0.05) is 51.5 Å². The molecular formula is C19H29N5O2. The van der Waals surface area contributed by atoms with Crippen LogP contribution < -0.4 is 5.32 Å². The molecular weight excluding hydrogens is 330 g/mol. The summed E-state index contributed by atoms with van der Waals surface area (Å²) in [6, 6.07) is 1.75. The van der Waals surface area contributed by atoms with Gasteiger partial charge in [0.15, 0.2) is 0 Å². The van der Waals surface area contributed by atoms with Crippen molar-refractivity contribution in [2.24, 2.45) is 11.8 Å². The number of carbonyl (C=O) groups is 2. The molecule has 3 heterocycles. The minimum atomic E-state index is -0.0356. The van der Waals surface area contributed by atoms with Crippen molar-refractivity contribution in [2.45, 2.75) is 39.0 Å². The number of nitrogens with one attached hydrogen (secondary N) is 1. The third-order valence-corrected chi connectivity index (χ3v) is 5.41. The van der Waals surface area contributed by atoms with E-state index in [1.165, 1.54) is 0 Å². The Hall–Kier alpha value is -2.18. The van der Waals surface area contributed by atoms with E-state index in [4.69, 9.17) is 0 Å². The first kappa shape index (κ1) is 18.6. The van der Waals surface area contributed by atoms with Crippen LogP contribution in [0.25, 0.3) is 0 Å². The van der Waals surface area contributed by atoms with E-state index in [0.29, 0.717) is 31.4 Å². The standard InChI is InChI=1S/C19H29N5O2/c1-15-6-12-23(13-7-15)18(26)16-4-2-11-24(14-16)17(25)5-10-22-19-20-8-3-9-21-19/h3,8-9,15-16H,2,4-7,10-14H2,1H3,(H,20,21,22)/t16-/m1/s1. The Bertz CT molecular complexity index is 601. The lowest BCUT2D eigenvalue weighted by Gasteiger charge is -2.37. The summed E-state index contributed by atoms with van der Waals surface area (Å²) in [4.78, 5) is 37.3. The molecule has 0 saturated carbocycles. The highest BCUT2D eigenvalue weighted by Crippen LogP contribution is 2.23. The minimum absolute atomic E-state index is 0.0356. The van der Waals surface area contributed by atoms with Crippen LogP contribution in [0.1, 0.15) is 39.0 Å². The van der Waals surface area contributed by atoms with Crippen LogP contribution in [0.3, 0.4) is 0 Å². The largest absolute Gasteiger partial charge is 0.354 e. The van der Waals surface area contributed by atoms with E-state index in [2.05, 4.69) is 22.2 Å². The fourth-order valence-corrected chi connectivity index (χ4v) is 3.72. The molecule has 26 heavy (non-hydrogen) atoms. The van der Waals surface area contributed by atoms with Crippen LogP contribution in [-0.2, 0) is 9.59 Å². The fourth-order valence-electron chi connectivity index (χ4n) is 3.72. The number of piperidine rings is 2. The van der Waals surface area contributed by atoms with Gasteiger partial charge in [-0.3, -0.25) is 9.59 Å². The van der Waals surface area contributed by atoms with Crippen LogP contribution in [0, 0.1) is 11.8 Å². The summed E-state index contributed by atoms with van der Waals surface area (Å²) in [5.74, 6) is 1.55. The molecule has 0 radical (unpaired) electrons. The Morgan fingerprint density at radius 1 is 1.12 bits per heavy atom. The summed E-state index contributed by atoms with van der Waals surface area (Å²) < 4.78 is 0. The fraction of sp³-hybridized carbons (Fsp3) is 0.684. The van der Waals surface area contributed by atoms with Gasteiger partial charge in [-0.05, 0) is 37.7 Å². The van der Waals surface area contributed by atoms with Crippen LogP contribution in [0.5, 0.6) is 0 Å². The number of carbonyl (C=O) groups excluding carboxylic acids is 2. The van der Waals surface area contributed by atoms with Gasteiger partial charge in [-0.25, -0.2) is 9.97 Å². The average molecular weight is 359 g/mol. The zero-order valence-electron chi connectivity index (χ0n) is 15.6. The normalized spacial score (nSPS) is 21.5. The van der Waals surface area contributed by atoms with Gasteiger partial charge in [0.05, 0.1) is 5.92 Å². The molecule has 0 spiro atoms. The number of anilines is 1. The Labute approximate surface area is 155 Å². The van der Waals surface area contributed by atoms with Gasteiger partial charge in [0.1, 0.15) is 0 Å². The molecule has 3 rings (SSSR count). The lowest BCUT2D eigenvalue weighted by Crippen LogP contribution is -2.48. The number of amides is 2. The predicted octanol–water partition coefficient (Wildman–Crippen LogP) is 1.78. The molecule has 7 heteroatoms. The van der Waals surface area contributed by atoms with Gasteiger partial charge in [-0.2, -0.15) is 0 Å². The third kappa shape index (κ3) is 4.93. The molecule has 0 bridgehead atoms. The zero-order valence-corrected chi connectivity index (χ0v) is 15.6. The van der Waals surface area contributed by atoms with Gasteiger partial charge in [-0.15, -0.1) is 0 Å². The molecule has 2 saturated heterocycles. The number of rotatable bonds is 5. The number of nitrogens with zero attached hydrogens (tertiary/aromatic N) is 4. The highest BCUT2D eigenvalue weighted by Gasteiger charge is 2.32. The maximum atomic E-state index is 12.8. The van der Waals surface area contributed by atoms with Gasteiger partial charge >= 0.3 is 0 Å². The van der Waals surface area contributed by atoms with Gasteiger partial charge in [0.25, 0.3) is 0 Å². The summed E-state index contributed by atoms with van der Waals surface area (Å²) in [5.41, 5.74) is 0. The lowest BCUT2D eigenvalue weighted by atomic mass is 9.93. The molecule has 2 aliphatic heterocycles. The summed E-state index contributed by atoms with van der Waals surface area (Å²) in [5, 5.41) is 3.06. The molecule has 1 aromatic rings. The smallest absolute Gasteiger partial charge is 0.227 e. The van der Waals surface area contributed by atoms with Crippen LogP contribution in [0.15, 0.2) is 18.5 Å². The monoisotopic (exact) mass is 359 g/mol. The van der Waals surface area contributed by atoms with Gasteiger partial charge in [0.2, 0.25) is 17.8 Å². The second-order valence-electron chi connectivity index (χ2n) is 7.44. The van der Waals surface area contributed by atoms with Crippen molar-refractivity contribution in [3.63, 3.8) is 0 Å². The van der Waals surface area contributed by atoms with E-state index in [0.717, 1.165) is 45.3 Å². The Kier molecular flexibility index (Phi) is 6.41. The Morgan fingerprint density at radius 2 is 1.85 bits per heavy atom. The van der Waals surface area contributed by atoms with Crippen molar-refractivity contribution in [3.8, 4) is 0 Å². The maximum absolute atomic E-state index is 12.8. The van der Waals surface area contributed by atoms with E-state index in [1.54, 1.807) is 18.5 Å². The van der Waals surface area contributed by atoms with Crippen molar-refractivity contribution in [3.05, 3.63) is 18.5 Å².